The van der Waals surface area contributed by atoms with Crippen molar-refractivity contribution in [1.29, 1.82) is 0 Å². The second-order valence-electron chi connectivity index (χ2n) is 4.70. The average Bonchev–Trinajstić information content (AvgIpc) is 3.08. The molecule has 18 heavy (non-hydrogen) atoms. The van der Waals surface area contributed by atoms with Gasteiger partial charge in [0, 0.05) is 0 Å². The molecule has 0 amide bonds. The first-order chi connectivity index (χ1) is 8.35. The molecule has 0 aromatic heterocycles. The first-order valence-electron chi connectivity index (χ1n) is 5.94. The van der Waals surface area contributed by atoms with Crippen molar-refractivity contribution >= 4 is 15.9 Å². The minimum absolute atomic E-state index is 0.0106. The van der Waals surface area contributed by atoms with Gasteiger partial charge in [-0.15, -0.1) is 0 Å². The number of ether oxygens (including phenoxy) is 1. The van der Waals surface area contributed by atoms with Crippen molar-refractivity contribution in [2.24, 2.45) is 16.8 Å². The molecular weight excluding hydrogens is 258 g/mol. The third-order valence-electron chi connectivity index (χ3n) is 2.64. The molecule has 1 saturated carbocycles. The second kappa shape index (κ2) is 6.35. The van der Waals surface area contributed by atoms with E-state index >= 15 is 0 Å². The van der Waals surface area contributed by atoms with Gasteiger partial charge in [-0.25, -0.2) is 13.1 Å². The summed E-state index contributed by atoms with van der Waals surface area (Å²) in [6.07, 6.45) is 1.75. The molecule has 0 spiro atoms. The number of sulfonamides is 1. The summed E-state index contributed by atoms with van der Waals surface area (Å²) in [4.78, 5) is 0. The molecule has 1 aliphatic carbocycles. The third-order valence-corrected chi connectivity index (χ3v) is 3.95. The van der Waals surface area contributed by atoms with Crippen molar-refractivity contribution in [2.75, 3.05) is 12.4 Å². The zero-order chi connectivity index (χ0) is 13.8. The normalized spacial score (nSPS) is 19.2. The number of rotatable bonds is 8. The fraction of sp³-hybridized carbons (Fsp3) is 0.900. The Bertz CT molecular complexity index is 390. The molecule has 1 atom stereocenters. The summed E-state index contributed by atoms with van der Waals surface area (Å²) < 4.78 is 31.2. The summed E-state index contributed by atoms with van der Waals surface area (Å²) in [7, 11) is -3.48. The van der Waals surface area contributed by atoms with E-state index in [1.54, 1.807) is 0 Å². The Morgan fingerprint density at radius 3 is 2.61 bits per heavy atom. The summed E-state index contributed by atoms with van der Waals surface area (Å²) in [5.41, 5.74) is 5.48. The quantitative estimate of drug-likeness (QED) is 0.247. The Kier molecular flexibility index (Phi) is 5.36. The number of nitrogens with two attached hydrogens (primary N) is 1. The topological polar surface area (TPSA) is 114 Å². The van der Waals surface area contributed by atoms with Crippen molar-refractivity contribution in [3.05, 3.63) is 0 Å². The van der Waals surface area contributed by atoms with Crippen molar-refractivity contribution in [2.45, 2.75) is 38.8 Å². The first kappa shape index (κ1) is 15.2. The van der Waals surface area contributed by atoms with Crippen molar-refractivity contribution < 1.29 is 18.4 Å². The lowest BCUT2D eigenvalue weighted by molar-refractivity contribution is 0.0911. The van der Waals surface area contributed by atoms with E-state index in [9.17, 15) is 8.42 Å². The molecule has 106 valence electrons. The minimum atomic E-state index is -3.48. The standard InChI is InChI=1S/C10H21N3O4S/c1-7(2)17-5-6-18(15,16)13-9(8-3-4-8)10(11)12-14/h7-9,13-14H,3-6H2,1-2H3,(H2,11,12). The maximum absolute atomic E-state index is 11.8. The molecule has 0 heterocycles. The Morgan fingerprint density at radius 2 is 2.17 bits per heavy atom. The van der Waals surface area contributed by atoms with Crippen LogP contribution < -0.4 is 10.5 Å². The molecule has 0 radical (unpaired) electrons. The van der Waals surface area contributed by atoms with Gasteiger partial charge < -0.3 is 15.7 Å². The van der Waals surface area contributed by atoms with Crippen LogP contribution in [0.2, 0.25) is 0 Å². The van der Waals surface area contributed by atoms with Gasteiger partial charge in [0.25, 0.3) is 0 Å². The van der Waals surface area contributed by atoms with Gasteiger partial charge in [0.15, 0.2) is 5.84 Å². The van der Waals surface area contributed by atoms with Crippen LogP contribution in [0.5, 0.6) is 0 Å². The van der Waals surface area contributed by atoms with E-state index in [1.807, 2.05) is 13.8 Å². The second-order valence-corrected chi connectivity index (χ2v) is 6.57. The lowest BCUT2D eigenvalue weighted by Gasteiger charge is -2.17. The van der Waals surface area contributed by atoms with Gasteiger partial charge in [-0.1, -0.05) is 5.16 Å². The zero-order valence-electron chi connectivity index (χ0n) is 10.7. The summed E-state index contributed by atoms with van der Waals surface area (Å²) in [5, 5.41) is 11.5. The molecule has 1 aliphatic rings. The van der Waals surface area contributed by atoms with Gasteiger partial charge in [-0.3, -0.25) is 0 Å². The molecule has 8 heteroatoms. The Morgan fingerprint density at radius 1 is 1.56 bits per heavy atom. The van der Waals surface area contributed by atoms with E-state index in [-0.39, 0.29) is 30.2 Å². The molecule has 1 unspecified atom stereocenters. The molecule has 0 aromatic rings. The SMILES string of the molecule is CC(C)OCCS(=O)(=O)NC(C(N)=NO)C1CC1. The highest BCUT2D eigenvalue weighted by Gasteiger charge is 2.36. The highest BCUT2D eigenvalue weighted by molar-refractivity contribution is 7.89. The van der Waals surface area contributed by atoms with Crippen LogP contribution in [-0.2, 0) is 14.8 Å². The smallest absolute Gasteiger partial charge is 0.214 e. The molecule has 0 bridgehead atoms. The number of hydrogen-bond acceptors (Lipinski definition) is 5. The summed E-state index contributed by atoms with van der Waals surface area (Å²) in [6, 6.07) is -0.612. The minimum Gasteiger partial charge on any atom is -0.409 e. The van der Waals surface area contributed by atoms with E-state index in [2.05, 4.69) is 9.88 Å². The Labute approximate surface area is 107 Å². The van der Waals surface area contributed by atoms with Gasteiger partial charge in [0.05, 0.1) is 24.5 Å². The first-order valence-corrected chi connectivity index (χ1v) is 7.60. The van der Waals surface area contributed by atoms with Crippen molar-refractivity contribution in [1.82, 2.24) is 4.72 Å². The summed E-state index contributed by atoms with van der Waals surface area (Å²) in [5.74, 6) is -0.0971. The lowest BCUT2D eigenvalue weighted by Crippen LogP contribution is -2.47. The van der Waals surface area contributed by atoms with E-state index in [1.165, 1.54) is 0 Å². The lowest BCUT2D eigenvalue weighted by atomic mass is 10.2. The van der Waals surface area contributed by atoms with Gasteiger partial charge >= 0.3 is 0 Å². The Hall–Kier alpha value is -0.860. The number of oxime groups is 1. The van der Waals surface area contributed by atoms with Crippen LogP contribution in [0.15, 0.2) is 5.16 Å². The van der Waals surface area contributed by atoms with Crippen LogP contribution in [-0.4, -0.2) is 44.0 Å². The molecule has 4 N–H and O–H groups in total. The molecule has 1 fully saturated rings. The molecule has 7 nitrogen and oxygen atoms in total. The van der Waals surface area contributed by atoms with Crippen LogP contribution >= 0.6 is 0 Å². The Balaban J connectivity index is 2.51. The van der Waals surface area contributed by atoms with Crippen LogP contribution in [0.25, 0.3) is 0 Å². The predicted octanol–water partition coefficient (Wildman–Crippen LogP) is -0.144. The average molecular weight is 279 g/mol. The fourth-order valence-corrected chi connectivity index (χ4v) is 2.67. The van der Waals surface area contributed by atoms with E-state index in [0.717, 1.165) is 12.8 Å². The van der Waals surface area contributed by atoms with Crippen LogP contribution in [0.1, 0.15) is 26.7 Å². The van der Waals surface area contributed by atoms with Gasteiger partial charge in [0.2, 0.25) is 10.0 Å². The third kappa shape index (κ3) is 5.19. The molecule has 0 aromatic carbocycles. The number of nitrogens with one attached hydrogen (secondary N) is 1. The van der Waals surface area contributed by atoms with Crippen LogP contribution in [0.4, 0.5) is 0 Å². The maximum Gasteiger partial charge on any atom is 0.214 e. The summed E-state index contributed by atoms with van der Waals surface area (Å²) >= 11 is 0. The maximum atomic E-state index is 11.8. The van der Waals surface area contributed by atoms with Crippen molar-refractivity contribution in [3.63, 3.8) is 0 Å². The van der Waals surface area contributed by atoms with E-state index < -0.39 is 16.1 Å². The van der Waals surface area contributed by atoms with E-state index in [0.29, 0.717) is 0 Å². The molecular formula is C10H21N3O4S. The zero-order valence-corrected chi connectivity index (χ0v) is 11.5. The highest BCUT2D eigenvalue weighted by Crippen LogP contribution is 2.33. The number of nitrogens with zero attached hydrogens (tertiary/aromatic N) is 1. The molecule has 0 aliphatic heterocycles. The molecule has 0 saturated heterocycles. The van der Waals surface area contributed by atoms with E-state index in [4.69, 9.17) is 15.7 Å². The number of hydrogen-bond donors (Lipinski definition) is 3. The number of amidine groups is 1. The monoisotopic (exact) mass is 279 g/mol. The fourth-order valence-electron chi connectivity index (χ4n) is 1.54. The highest BCUT2D eigenvalue weighted by atomic mass is 32.2. The molecule has 1 rings (SSSR count). The predicted molar refractivity (Wildman–Crippen MR) is 67.9 cm³/mol. The van der Waals surface area contributed by atoms with Crippen LogP contribution in [0.3, 0.4) is 0 Å². The largest absolute Gasteiger partial charge is 0.409 e. The van der Waals surface area contributed by atoms with Gasteiger partial charge in [-0.2, -0.15) is 0 Å². The van der Waals surface area contributed by atoms with Crippen molar-refractivity contribution in [3.8, 4) is 0 Å². The summed E-state index contributed by atoms with van der Waals surface area (Å²) in [6.45, 7) is 3.80. The van der Waals surface area contributed by atoms with Gasteiger partial charge in [0.1, 0.15) is 0 Å². The van der Waals surface area contributed by atoms with Crippen LogP contribution in [0, 0.1) is 5.92 Å². The van der Waals surface area contributed by atoms with Gasteiger partial charge in [-0.05, 0) is 32.6 Å².